The first-order valence-corrected chi connectivity index (χ1v) is 13.7. The number of carboxylic acid groups (broad SMARTS) is 1. The summed E-state index contributed by atoms with van der Waals surface area (Å²) in [5.74, 6) is -2.87. The van der Waals surface area contributed by atoms with Gasteiger partial charge in [0.2, 0.25) is 0 Å². The lowest BCUT2D eigenvalue weighted by molar-refractivity contribution is -0.185. The van der Waals surface area contributed by atoms with E-state index in [0.29, 0.717) is 31.2 Å². The molecule has 39 heavy (non-hydrogen) atoms. The first kappa shape index (κ1) is 28.1. The number of rotatable bonds is 6. The van der Waals surface area contributed by atoms with Gasteiger partial charge in [-0.25, -0.2) is 0 Å². The lowest BCUT2D eigenvalue weighted by atomic mass is 9.78. The average Bonchev–Trinajstić information content (AvgIpc) is 2.85. The Labute approximate surface area is 223 Å². The van der Waals surface area contributed by atoms with Crippen LogP contribution in [0.25, 0.3) is 10.8 Å². The zero-order valence-electron chi connectivity index (χ0n) is 21.5. The maximum Gasteiger partial charge on any atom is 0.420 e. The number of nitrogens with zero attached hydrogens (tertiary/aromatic N) is 1. The summed E-state index contributed by atoms with van der Waals surface area (Å²) in [5.41, 5.74) is -0.145. The summed E-state index contributed by atoms with van der Waals surface area (Å²) in [6.07, 6.45) is -5.23. The van der Waals surface area contributed by atoms with E-state index in [-0.39, 0.29) is 54.8 Å². The molecule has 3 atom stereocenters. The van der Waals surface area contributed by atoms with Gasteiger partial charge in [0.1, 0.15) is 11.3 Å². The van der Waals surface area contributed by atoms with Crippen LogP contribution in [0.3, 0.4) is 0 Å². The molecule has 0 aromatic heterocycles. The van der Waals surface area contributed by atoms with E-state index in [9.17, 15) is 36.2 Å². The van der Waals surface area contributed by atoms with Gasteiger partial charge in [-0.1, -0.05) is 30.7 Å². The van der Waals surface area contributed by atoms with Gasteiger partial charge in [-0.3, -0.25) is 9.69 Å². The van der Waals surface area contributed by atoms with Crippen molar-refractivity contribution in [2.45, 2.75) is 94.7 Å². The molecule has 214 valence electrons. The molecule has 1 N–H and O–H groups in total. The lowest BCUT2D eigenvalue weighted by Crippen LogP contribution is -2.53. The second-order valence-corrected chi connectivity index (χ2v) is 11.4. The first-order chi connectivity index (χ1) is 18.4. The fraction of sp³-hybridized carbons (Fsp3) is 0.621. The van der Waals surface area contributed by atoms with Gasteiger partial charge in [-0.05, 0) is 80.2 Å². The summed E-state index contributed by atoms with van der Waals surface area (Å²) >= 11 is 0. The molecule has 1 saturated carbocycles. The monoisotopic (exact) mass is 557 g/mol. The summed E-state index contributed by atoms with van der Waals surface area (Å²) in [6.45, 7) is 0.646. The van der Waals surface area contributed by atoms with E-state index < -0.39 is 35.9 Å². The van der Waals surface area contributed by atoms with Crippen LogP contribution in [0.1, 0.15) is 68.9 Å². The van der Waals surface area contributed by atoms with Crippen LogP contribution in [-0.4, -0.2) is 46.9 Å². The molecule has 3 fully saturated rings. The Balaban J connectivity index is 1.34. The molecule has 5 rings (SSSR count). The van der Waals surface area contributed by atoms with Crippen LogP contribution in [-0.2, 0) is 17.4 Å². The first-order valence-electron chi connectivity index (χ1n) is 13.7. The van der Waals surface area contributed by atoms with Gasteiger partial charge in [-0.15, -0.1) is 0 Å². The van der Waals surface area contributed by atoms with Gasteiger partial charge in [0.15, 0.2) is 0 Å². The normalized spacial score (nSPS) is 28.4. The second-order valence-electron chi connectivity index (χ2n) is 11.4. The van der Waals surface area contributed by atoms with Crippen LogP contribution in [0.4, 0.5) is 26.3 Å². The van der Waals surface area contributed by atoms with E-state index in [2.05, 4.69) is 4.90 Å². The van der Waals surface area contributed by atoms with E-state index in [1.165, 1.54) is 6.07 Å². The van der Waals surface area contributed by atoms with Crippen molar-refractivity contribution >= 4 is 16.7 Å². The minimum absolute atomic E-state index is 0.0197. The summed E-state index contributed by atoms with van der Waals surface area (Å²) in [4.78, 5) is 13.9. The third-order valence-corrected chi connectivity index (χ3v) is 8.90. The molecular formula is C29H33F6NO3. The van der Waals surface area contributed by atoms with E-state index in [1.54, 1.807) is 18.2 Å². The molecule has 0 amide bonds. The molecule has 10 heteroatoms. The largest absolute Gasteiger partial charge is 0.490 e. The third kappa shape index (κ3) is 6.15. The van der Waals surface area contributed by atoms with Crippen LogP contribution < -0.4 is 4.74 Å². The highest BCUT2D eigenvalue weighted by Gasteiger charge is 2.43. The topological polar surface area (TPSA) is 49.8 Å². The van der Waals surface area contributed by atoms with Gasteiger partial charge in [-0.2, -0.15) is 26.3 Å². The molecule has 3 aliphatic rings. The maximum atomic E-state index is 14.3. The molecule has 2 unspecified atom stereocenters. The Hall–Kier alpha value is -2.49. The number of hydrogen-bond acceptors (Lipinski definition) is 3. The number of aliphatic carboxylic acids is 1. The van der Waals surface area contributed by atoms with Crippen molar-refractivity contribution in [3.63, 3.8) is 0 Å². The van der Waals surface area contributed by atoms with E-state index in [0.717, 1.165) is 24.8 Å². The van der Waals surface area contributed by atoms with Crippen LogP contribution >= 0.6 is 0 Å². The molecule has 2 aromatic rings. The van der Waals surface area contributed by atoms with Gasteiger partial charge in [0.25, 0.3) is 0 Å². The Morgan fingerprint density at radius 1 is 0.923 bits per heavy atom. The molecule has 2 bridgehead atoms. The van der Waals surface area contributed by atoms with Crippen LogP contribution in [0.5, 0.6) is 5.75 Å². The van der Waals surface area contributed by atoms with Crippen molar-refractivity contribution in [1.82, 2.24) is 4.90 Å². The van der Waals surface area contributed by atoms with Crippen molar-refractivity contribution in [3.8, 4) is 5.75 Å². The number of fused-ring (bicyclic) bond motifs is 3. The molecule has 2 heterocycles. The zero-order chi connectivity index (χ0) is 27.9. The zero-order valence-corrected chi connectivity index (χ0v) is 21.5. The Morgan fingerprint density at radius 3 is 2.15 bits per heavy atom. The Morgan fingerprint density at radius 2 is 1.56 bits per heavy atom. The molecule has 0 spiro atoms. The van der Waals surface area contributed by atoms with Gasteiger partial charge < -0.3 is 9.84 Å². The number of halogens is 6. The minimum atomic E-state index is -4.70. The van der Waals surface area contributed by atoms with E-state index in [1.807, 2.05) is 6.07 Å². The quantitative estimate of drug-likeness (QED) is 0.371. The third-order valence-electron chi connectivity index (χ3n) is 8.90. The molecule has 0 radical (unpaired) electrons. The molecule has 2 aliphatic heterocycles. The number of carboxylic acids is 1. The predicted octanol–water partition coefficient (Wildman–Crippen LogP) is 7.62. The highest BCUT2D eigenvalue weighted by Crippen LogP contribution is 2.44. The van der Waals surface area contributed by atoms with Crippen LogP contribution in [0.15, 0.2) is 30.3 Å². The Bertz CT molecular complexity index is 1170. The number of piperidine rings is 2. The van der Waals surface area contributed by atoms with Gasteiger partial charge >= 0.3 is 18.3 Å². The van der Waals surface area contributed by atoms with Crippen molar-refractivity contribution < 1.29 is 41.0 Å². The smallest absolute Gasteiger partial charge is 0.420 e. The lowest BCUT2D eigenvalue weighted by Gasteiger charge is -2.48. The number of benzene rings is 2. The van der Waals surface area contributed by atoms with Crippen LogP contribution in [0, 0.1) is 11.8 Å². The maximum absolute atomic E-state index is 14.3. The predicted molar refractivity (Wildman–Crippen MR) is 134 cm³/mol. The fourth-order valence-corrected chi connectivity index (χ4v) is 6.88. The summed E-state index contributed by atoms with van der Waals surface area (Å²) < 4.78 is 87.7. The summed E-state index contributed by atoms with van der Waals surface area (Å²) in [6, 6.07) is 8.22. The van der Waals surface area contributed by atoms with Crippen molar-refractivity contribution in [2.75, 3.05) is 6.54 Å². The minimum Gasteiger partial charge on any atom is -0.490 e. The molecule has 1 aliphatic carbocycles. The van der Waals surface area contributed by atoms with Gasteiger partial charge in [0, 0.05) is 18.6 Å². The average molecular weight is 558 g/mol. The van der Waals surface area contributed by atoms with Crippen LogP contribution in [0.2, 0.25) is 0 Å². The molecule has 2 saturated heterocycles. The summed E-state index contributed by atoms with van der Waals surface area (Å²) in [7, 11) is 0. The number of alkyl halides is 6. The number of carbonyl (C=O) groups is 1. The fourth-order valence-electron chi connectivity index (χ4n) is 6.88. The van der Waals surface area contributed by atoms with Crippen molar-refractivity contribution in [3.05, 3.63) is 41.5 Å². The van der Waals surface area contributed by atoms with Crippen molar-refractivity contribution in [1.29, 1.82) is 0 Å². The highest BCUT2D eigenvalue weighted by molar-refractivity contribution is 5.89. The second kappa shape index (κ2) is 10.8. The molecule has 4 nitrogen and oxygen atoms in total. The molecular weight excluding hydrogens is 524 g/mol. The van der Waals surface area contributed by atoms with E-state index in [4.69, 9.17) is 4.74 Å². The van der Waals surface area contributed by atoms with Gasteiger partial charge in [0.05, 0.1) is 17.9 Å². The molecule has 2 aromatic carbocycles. The van der Waals surface area contributed by atoms with E-state index >= 15 is 0 Å². The summed E-state index contributed by atoms with van der Waals surface area (Å²) in [5, 5.41) is 9.92. The van der Waals surface area contributed by atoms with Crippen molar-refractivity contribution in [2.24, 2.45) is 11.8 Å². The highest BCUT2D eigenvalue weighted by atomic mass is 19.4. The Kier molecular flexibility index (Phi) is 7.79. The SMILES string of the molecule is O=C(O)C1CC2CCC[C@H](C1)N2CCc1ccc2ccc(OC3CCC(C(F)(F)F)CC3)c(C(F)(F)F)c2c1. The standard InChI is InChI=1S/C29H33F6NO3/c30-28(31,32)20-7-9-23(10-8-20)39-25-11-6-18-5-4-17(14-24(18)26(25)29(33,34)35)12-13-36-21-2-1-3-22(36)16-19(15-21)27(37)38/h4-6,11,14,19-23H,1-3,7-10,12-13,15-16H2,(H,37,38)/t19?,20?,21-,22?,23?/m1/s1. The number of ether oxygens (including phenoxy) is 1. The number of hydrogen-bond donors (Lipinski definition) is 1.